The van der Waals surface area contributed by atoms with Gasteiger partial charge >= 0.3 is 0 Å². The zero-order valence-corrected chi connectivity index (χ0v) is 12.6. The molecule has 0 amide bonds. The molecule has 0 aliphatic rings. The highest BCUT2D eigenvalue weighted by Gasteiger charge is 2.21. The average molecular weight is 286 g/mol. The maximum atomic E-state index is 14.1. The Morgan fingerprint density at radius 1 is 1.25 bits per heavy atom. The molecular weight excluding hydrogens is 262 g/mol. The summed E-state index contributed by atoms with van der Waals surface area (Å²) < 4.78 is 28.1. The number of rotatable bonds is 7. The molecule has 2 N–H and O–H groups in total. The number of nitrogens with zero attached hydrogens (tertiary/aromatic N) is 1. The summed E-state index contributed by atoms with van der Waals surface area (Å²) in [5, 5.41) is 12.8. The predicted molar refractivity (Wildman–Crippen MR) is 77.9 cm³/mol. The van der Waals surface area contributed by atoms with Gasteiger partial charge in [-0.05, 0) is 44.5 Å². The monoisotopic (exact) mass is 286 g/mol. The van der Waals surface area contributed by atoms with Crippen LogP contribution in [0.25, 0.3) is 0 Å². The number of hydrogen-bond donors (Lipinski definition) is 2. The summed E-state index contributed by atoms with van der Waals surface area (Å²) in [7, 11) is 1.56. The molecule has 0 spiro atoms. The van der Waals surface area contributed by atoms with E-state index >= 15 is 0 Å². The number of hydrogen-bond acceptors (Lipinski definition) is 3. The molecule has 0 saturated heterocycles. The van der Waals surface area contributed by atoms with Gasteiger partial charge in [0, 0.05) is 20.1 Å². The fourth-order valence-corrected chi connectivity index (χ4v) is 2.15. The lowest BCUT2D eigenvalue weighted by atomic mass is 10.1. The molecular formula is C15H24F2N2O. The van der Waals surface area contributed by atoms with Crippen molar-refractivity contribution in [1.29, 1.82) is 0 Å². The van der Waals surface area contributed by atoms with Crippen molar-refractivity contribution >= 4 is 5.69 Å². The molecule has 0 heterocycles. The molecule has 0 aromatic heterocycles. The minimum Gasteiger partial charge on any atom is -0.389 e. The molecule has 0 fully saturated rings. The number of benzene rings is 1. The van der Waals surface area contributed by atoms with Crippen LogP contribution >= 0.6 is 0 Å². The standard InChI is InChI=1S/C15H24F2N2O/c1-5-6-18-9-11-7-12(16)14(13(17)8-11)19(4)10-15(2,3)20/h7-8,18,20H,5-6,9-10H2,1-4H3. The Hall–Kier alpha value is -1.20. The first kappa shape index (κ1) is 16.9. The third kappa shape index (κ3) is 5.06. The van der Waals surface area contributed by atoms with Crippen LogP contribution in [0, 0.1) is 11.6 Å². The van der Waals surface area contributed by atoms with Crippen LogP contribution in [0.4, 0.5) is 14.5 Å². The van der Waals surface area contributed by atoms with Gasteiger partial charge in [0.1, 0.15) is 17.3 Å². The lowest BCUT2D eigenvalue weighted by Crippen LogP contribution is -2.37. The van der Waals surface area contributed by atoms with Crippen LogP contribution in [0.5, 0.6) is 0 Å². The Morgan fingerprint density at radius 2 is 1.80 bits per heavy atom. The van der Waals surface area contributed by atoms with Crippen molar-refractivity contribution < 1.29 is 13.9 Å². The van der Waals surface area contributed by atoms with E-state index in [0.717, 1.165) is 13.0 Å². The van der Waals surface area contributed by atoms with Gasteiger partial charge in [-0.15, -0.1) is 0 Å². The van der Waals surface area contributed by atoms with Gasteiger partial charge in [-0.3, -0.25) is 0 Å². The lowest BCUT2D eigenvalue weighted by molar-refractivity contribution is 0.0883. The fourth-order valence-electron chi connectivity index (χ4n) is 2.15. The summed E-state index contributed by atoms with van der Waals surface area (Å²) in [6.45, 7) is 6.63. The molecule has 0 aliphatic carbocycles. The topological polar surface area (TPSA) is 35.5 Å². The highest BCUT2D eigenvalue weighted by Crippen LogP contribution is 2.25. The molecule has 1 aromatic rings. The van der Waals surface area contributed by atoms with E-state index in [4.69, 9.17) is 0 Å². The first-order valence-electron chi connectivity index (χ1n) is 6.86. The maximum Gasteiger partial charge on any atom is 0.149 e. The van der Waals surface area contributed by atoms with Crippen LogP contribution in [-0.4, -0.2) is 30.8 Å². The Balaban J connectivity index is 2.88. The fraction of sp³-hybridized carbons (Fsp3) is 0.600. The normalized spacial score (nSPS) is 11.8. The molecule has 3 nitrogen and oxygen atoms in total. The Bertz CT molecular complexity index is 421. The quantitative estimate of drug-likeness (QED) is 0.757. The Labute approximate surface area is 119 Å². The number of likely N-dealkylation sites (N-methyl/N-ethyl adjacent to an activating group) is 1. The maximum absolute atomic E-state index is 14.1. The molecule has 0 bridgehead atoms. The molecule has 0 radical (unpaired) electrons. The van der Waals surface area contributed by atoms with E-state index in [0.29, 0.717) is 12.1 Å². The molecule has 0 atom stereocenters. The van der Waals surface area contributed by atoms with Crippen molar-refractivity contribution in [3.63, 3.8) is 0 Å². The molecule has 1 rings (SSSR count). The van der Waals surface area contributed by atoms with Crippen LogP contribution in [0.15, 0.2) is 12.1 Å². The van der Waals surface area contributed by atoms with Crippen molar-refractivity contribution in [2.24, 2.45) is 0 Å². The van der Waals surface area contributed by atoms with Gasteiger partial charge < -0.3 is 15.3 Å². The Morgan fingerprint density at radius 3 is 2.25 bits per heavy atom. The van der Waals surface area contributed by atoms with Crippen molar-refractivity contribution in [1.82, 2.24) is 5.32 Å². The highest BCUT2D eigenvalue weighted by atomic mass is 19.1. The molecule has 0 unspecified atom stereocenters. The van der Waals surface area contributed by atoms with E-state index < -0.39 is 17.2 Å². The van der Waals surface area contributed by atoms with Crippen LogP contribution in [0.3, 0.4) is 0 Å². The second kappa shape index (κ2) is 6.99. The van der Waals surface area contributed by atoms with Gasteiger partial charge in [-0.1, -0.05) is 6.92 Å². The van der Waals surface area contributed by atoms with E-state index in [9.17, 15) is 13.9 Å². The van der Waals surface area contributed by atoms with Crippen molar-refractivity contribution in [2.75, 3.05) is 25.0 Å². The summed E-state index contributed by atoms with van der Waals surface area (Å²) in [6.07, 6.45) is 0.970. The van der Waals surface area contributed by atoms with Gasteiger partial charge in [0.2, 0.25) is 0 Å². The third-order valence-corrected chi connectivity index (χ3v) is 2.84. The second-order valence-electron chi connectivity index (χ2n) is 5.75. The molecule has 20 heavy (non-hydrogen) atoms. The Kier molecular flexibility index (Phi) is 5.89. The zero-order valence-electron chi connectivity index (χ0n) is 12.6. The van der Waals surface area contributed by atoms with Gasteiger partial charge in [-0.25, -0.2) is 8.78 Å². The highest BCUT2D eigenvalue weighted by molar-refractivity contribution is 5.50. The zero-order chi connectivity index (χ0) is 15.3. The van der Waals surface area contributed by atoms with E-state index in [-0.39, 0.29) is 12.2 Å². The van der Waals surface area contributed by atoms with Crippen LogP contribution < -0.4 is 10.2 Å². The molecule has 5 heteroatoms. The summed E-state index contributed by atoms with van der Waals surface area (Å²) in [5.41, 5.74) is -0.546. The van der Waals surface area contributed by atoms with Crippen molar-refractivity contribution in [3.05, 3.63) is 29.3 Å². The summed E-state index contributed by atoms with van der Waals surface area (Å²) in [5.74, 6) is -1.21. The van der Waals surface area contributed by atoms with Crippen LogP contribution in [-0.2, 0) is 6.54 Å². The minimum absolute atomic E-state index is 0.105. The third-order valence-electron chi connectivity index (χ3n) is 2.84. The number of anilines is 1. The van der Waals surface area contributed by atoms with E-state index in [1.807, 2.05) is 6.92 Å². The molecule has 114 valence electrons. The average Bonchev–Trinajstić information content (AvgIpc) is 2.25. The smallest absolute Gasteiger partial charge is 0.149 e. The van der Waals surface area contributed by atoms with Gasteiger partial charge in [-0.2, -0.15) is 0 Å². The largest absolute Gasteiger partial charge is 0.389 e. The van der Waals surface area contributed by atoms with E-state index in [1.54, 1.807) is 20.9 Å². The number of halogens is 2. The van der Waals surface area contributed by atoms with Crippen LogP contribution in [0.1, 0.15) is 32.8 Å². The summed E-state index contributed by atoms with van der Waals surface area (Å²) in [6, 6.07) is 2.67. The number of aliphatic hydroxyl groups is 1. The molecule has 1 aromatic carbocycles. The van der Waals surface area contributed by atoms with E-state index in [2.05, 4.69) is 5.32 Å². The van der Waals surface area contributed by atoms with Gasteiger partial charge in [0.05, 0.1) is 5.60 Å². The summed E-state index contributed by atoms with van der Waals surface area (Å²) in [4.78, 5) is 1.40. The molecule has 0 aliphatic heterocycles. The first-order chi connectivity index (χ1) is 9.24. The predicted octanol–water partition coefficient (Wildman–Crippen LogP) is 2.67. The van der Waals surface area contributed by atoms with Crippen LogP contribution in [0.2, 0.25) is 0 Å². The second-order valence-corrected chi connectivity index (χ2v) is 5.75. The lowest BCUT2D eigenvalue weighted by Gasteiger charge is -2.28. The van der Waals surface area contributed by atoms with Crippen molar-refractivity contribution in [3.8, 4) is 0 Å². The van der Waals surface area contributed by atoms with E-state index in [1.165, 1.54) is 17.0 Å². The van der Waals surface area contributed by atoms with Crippen molar-refractivity contribution in [2.45, 2.75) is 39.3 Å². The molecule has 0 saturated carbocycles. The minimum atomic E-state index is -1.02. The summed E-state index contributed by atoms with van der Waals surface area (Å²) >= 11 is 0. The SMILES string of the molecule is CCCNCc1cc(F)c(N(C)CC(C)(C)O)c(F)c1. The number of nitrogens with one attached hydrogen (secondary N) is 1. The van der Waals surface area contributed by atoms with Gasteiger partial charge in [0.15, 0.2) is 0 Å². The van der Waals surface area contributed by atoms with Gasteiger partial charge in [0.25, 0.3) is 0 Å². The first-order valence-corrected chi connectivity index (χ1v) is 6.86.